The highest BCUT2D eigenvalue weighted by Gasteiger charge is 2.12. The zero-order valence-corrected chi connectivity index (χ0v) is 14.3. The average molecular weight is 322 g/mol. The van der Waals surface area contributed by atoms with E-state index in [0.717, 1.165) is 16.9 Å². The summed E-state index contributed by atoms with van der Waals surface area (Å²) in [4.78, 5) is 3.50. The van der Waals surface area contributed by atoms with Crippen molar-refractivity contribution in [3.63, 3.8) is 0 Å². The monoisotopic (exact) mass is 322 g/mol. The van der Waals surface area contributed by atoms with Gasteiger partial charge in [-0.2, -0.15) is 0 Å². The lowest BCUT2D eigenvalue weighted by Gasteiger charge is -2.13. The van der Waals surface area contributed by atoms with Gasteiger partial charge >= 0.3 is 0 Å². The van der Waals surface area contributed by atoms with Crippen molar-refractivity contribution in [3.05, 3.63) is 94.3 Å². The van der Waals surface area contributed by atoms with Gasteiger partial charge in [0.15, 0.2) is 0 Å². The highest BCUT2D eigenvalue weighted by Crippen LogP contribution is 2.40. The lowest BCUT2D eigenvalue weighted by Crippen LogP contribution is -1.88. The first kappa shape index (κ1) is 15.3. The van der Waals surface area contributed by atoms with Gasteiger partial charge < -0.3 is 0 Å². The van der Waals surface area contributed by atoms with Crippen LogP contribution in [0.25, 0.3) is 0 Å². The van der Waals surface area contributed by atoms with E-state index in [1.807, 2.05) is 0 Å². The summed E-state index contributed by atoms with van der Waals surface area (Å²) < 4.78 is 0. The summed E-state index contributed by atoms with van der Waals surface area (Å²) in [6, 6.07) is 8.46. The van der Waals surface area contributed by atoms with Gasteiger partial charge in [0.2, 0.25) is 0 Å². The quantitative estimate of drug-likeness (QED) is 0.566. The Labute approximate surface area is 141 Å². The van der Waals surface area contributed by atoms with E-state index in [0.29, 0.717) is 0 Å². The number of allylic oxidation sites excluding steroid dienone is 8. The molecule has 1 aliphatic heterocycles. The van der Waals surface area contributed by atoms with E-state index in [4.69, 9.17) is 0 Å². The maximum Gasteiger partial charge on any atom is 0.0261 e. The van der Waals surface area contributed by atoms with Crippen molar-refractivity contribution >= 4 is 23.5 Å². The first-order valence-corrected chi connectivity index (χ1v) is 8.90. The molecule has 0 atom stereocenters. The van der Waals surface area contributed by atoms with Crippen molar-refractivity contribution in [1.82, 2.24) is 0 Å². The third kappa shape index (κ3) is 3.40. The Morgan fingerprint density at radius 3 is 2.50 bits per heavy atom. The minimum Gasteiger partial charge on any atom is -0.0963 e. The Hall–Kier alpha value is -1.64. The normalized spacial score (nSPS) is 22.3. The molecule has 1 aliphatic carbocycles. The van der Waals surface area contributed by atoms with Crippen LogP contribution in [0.5, 0.6) is 0 Å². The average Bonchev–Trinajstić information content (AvgIpc) is 2.94. The van der Waals surface area contributed by atoms with E-state index in [2.05, 4.69) is 74.1 Å². The summed E-state index contributed by atoms with van der Waals surface area (Å²) in [5.74, 6) is 0. The van der Waals surface area contributed by atoms with Gasteiger partial charge in [0.05, 0.1) is 0 Å². The molecule has 0 bridgehead atoms. The second-order valence-electron chi connectivity index (χ2n) is 5.40. The van der Waals surface area contributed by atoms with Crippen LogP contribution in [0.4, 0.5) is 0 Å². The summed E-state index contributed by atoms with van der Waals surface area (Å²) in [7, 11) is 0. The summed E-state index contributed by atoms with van der Waals surface area (Å²) in [6.45, 7) is 10.5. The molecule has 0 fully saturated rings. The van der Waals surface area contributed by atoms with Crippen molar-refractivity contribution in [2.24, 2.45) is 0 Å². The fourth-order valence-corrected chi connectivity index (χ4v) is 4.20. The molecule has 22 heavy (non-hydrogen) atoms. The zero-order valence-electron chi connectivity index (χ0n) is 12.6. The van der Waals surface area contributed by atoms with Crippen molar-refractivity contribution in [2.45, 2.75) is 23.1 Å². The third-order valence-electron chi connectivity index (χ3n) is 3.63. The third-order valence-corrected chi connectivity index (χ3v) is 5.82. The van der Waals surface area contributed by atoms with E-state index in [-0.39, 0.29) is 0 Å². The molecule has 0 N–H and O–H groups in total. The molecule has 0 spiro atoms. The van der Waals surface area contributed by atoms with Crippen LogP contribution in [-0.2, 0) is 0 Å². The van der Waals surface area contributed by atoms with Gasteiger partial charge in [-0.3, -0.25) is 0 Å². The topological polar surface area (TPSA) is 0 Å². The van der Waals surface area contributed by atoms with Crippen LogP contribution >= 0.6 is 23.5 Å². The number of benzene rings is 1. The van der Waals surface area contributed by atoms with Crippen LogP contribution in [0, 0.1) is 0 Å². The van der Waals surface area contributed by atoms with Crippen LogP contribution in [-0.4, -0.2) is 0 Å². The molecule has 1 heterocycles. The van der Waals surface area contributed by atoms with E-state index in [1.54, 1.807) is 23.5 Å². The molecule has 0 saturated heterocycles. The molecule has 1 aromatic rings. The van der Waals surface area contributed by atoms with Crippen molar-refractivity contribution in [1.29, 1.82) is 0 Å². The minimum atomic E-state index is 0.973. The molecule has 3 rings (SSSR count). The molecule has 0 saturated carbocycles. The van der Waals surface area contributed by atoms with Gasteiger partial charge in [-0.15, -0.1) is 0 Å². The smallest absolute Gasteiger partial charge is 0.0261 e. The maximum absolute atomic E-state index is 4.16. The van der Waals surface area contributed by atoms with Crippen LogP contribution in [0.2, 0.25) is 0 Å². The van der Waals surface area contributed by atoms with Gasteiger partial charge in [-0.1, -0.05) is 78.7 Å². The van der Waals surface area contributed by atoms with Crippen LogP contribution in [0.15, 0.2) is 104 Å². The standard InChI is InChI=1S/C20H18S2/c1-14-8-10-17(12-14)18-11-9-15(2)16(3)22-20-7-5-4-6-19(20)21-13-18/h4-11,13H,2-3,12H2,1H3/b11-9-,18-13+. The van der Waals surface area contributed by atoms with Gasteiger partial charge in [0.25, 0.3) is 0 Å². The predicted molar refractivity (Wildman–Crippen MR) is 100 cm³/mol. The van der Waals surface area contributed by atoms with Gasteiger partial charge in [-0.05, 0) is 47.6 Å². The van der Waals surface area contributed by atoms with Crippen LogP contribution < -0.4 is 0 Å². The molecule has 110 valence electrons. The Morgan fingerprint density at radius 2 is 1.77 bits per heavy atom. The Bertz CT molecular complexity index is 758. The van der Waals surface area contributed by atoms with Gasteiger partial charge in [0, 0.05) is 14.7 Å². The van der Waals surface area contributed by atoms with Crippen molar-refractivity contribution in [2.75, 3.05) is 0 Å². The van der Waals surface area contributed by atoms with E-state index in [1.165, 1.54) is 26.5 Å². The fourth-order valence-electron chi connectivity index (χ4n) is 2.32. The summed E-state index contributed by atoms with van der Waals surface area (Å²) in [6.07, 6.45) is 9.68. The van der Waals surface area contributed by atoms with Gasteiger partial charge in [0.1, 0.15) is 0 Å². The van der Waals surface area contributed by atoms with Crippen LogP contribution in [0.3, 0.4) is 0 Å². The molecule has 0 aromatic heterocycles. The maximum atomic E-state index is 4.16. The van der Waals surface area contributed by atoms with Crippen LogP contribution in [0.1, 0.15) is 13.3 Å². The van der Waals surface area contributed by atoms with E-state index >= 15 is 0 Å². The van der Waals surface area contributed by atoms with E-state index in [9.17, 15) is 0 Å². The fraction of sp³-hybridized carbons (Fsp3) is 0.100. The molecule has 1 aromatic carbocycles. The summed E-state index contributed by atoms with van der Waals surface area (Å²) >= 11 is 3.47. The minimum absolute atomic E-state index is 0.973. The number of thioether (sulfide) groups is 2. The Balaban J connectivity index is 1.99. The predicted octanol–water partition coefficient (Wildman–Crippen LogP) is 6.67. The van der Waals surface area contributed by atoms with Gasteiger partial charge in [-0.25, -0.2) is 0 Å². The lowest BCUT2D eigenvalue weighted by atomic mass is 10.0. The second-order valence-corrected chi connectivity index (χ2v) is 7.45. The summed E-state index contributed by atoms with van der Waals surface area (Å²) in [5, 5.41) is 2.25. The molecule has 0 radical (unpaired) electrons. The highest BCUT2D eigenvalue weighted by molar-refractivity contribution is 8.05. The largest absolute Gasteiger partial charge is 0.0963 e. The lowest BCUT2D eigenvalue weighted by molar-refractivity contribution is 1.17. The number of hydrogen-bond acceptors (Lipinski definition) is 2. The molecular formula is C20H18S2. The number of fused-ring (bicyclic) bond motifs is 1. The number of rotatable bonds is 1. The van der Waals surface area contributed by atoms with E-state index < -0.39 is 0 Å². The molecule has 0 nitrogen and oxygen atoms in total. The molecule has 2 aliphatic rings. The molecule has 0 unspecified atom stereocenters. The molecule has 2 heteroatoms. The Kier molecular flexibility index (Phi) is 4.60. The summed E-state index contributed by atoms with van der Waals surface area (Å²) in [5.41, 5.74) is 5.01. The first-order chi connectivity index (χ1) is 10.6. The second kappa shape index (κ2) is 6.64. The highest BCUT2D eigenvalue weighted by atomic mass is 32.2. The number of hydrogen-bond donors (Lipinski definition) is 0. The molecule has 0 amide bonds. The molecular weight excluding hydrogens is 304 g/mol. The van der Waals surface area contributed by atoms with Crippen molar-refractivity contribution in [3.8, 4) is 0 Å². The van der Waals surface area contributed by atoms with Crippen molar-refractivity contribution < 1.29 is 0 Å². The first-order valence-electron chi connectivity index (χ1n) is 7.20. The zero-order chi connectivity index (χ0) is 15.5. The Morgan fingerprint density at radius 1 is 1.00 bits per heavy atom. The SMILES string of the molecule is C=C1/C=C\C(C2=CC=C(C)C2)=C/Sc2ccccc2SC1=C.